The number of nitrogens with one attached hydrogen (secondary N) is 2. The third-order valence-electron chi connectivity index (χ3n) is 6.84. The first kappa shape index (κ1) is 21.1. The van der Waals surface area contributed by atoms with Gasteiger partial charge in [0.05, 0.1) is 11.7 Å². The van der Waals surface area contributed by atoms with Gasteiger partial charge in [-0.25, -0.2) is 18.8 Å². The van der Waals surface area contributed by atoms with Gasteiger partial charge >= 0.3 is 0 Å². The highest BCUT2D eigenvalue weighted by molar-refractivity contribution is 5.94. The lowest BCUT2D eigenvalue weighted by atomic mass is 10.0. The molecule has 0 spiro atoms. The molecule has 9 heteroatoms. The number of anilines is 1. The van der Waals surface area contributed by atoms with E-state index >= 15 is 0 Å². The van der Waals surface area contributed by atoms with E-state index in [1.165, 1.54) is 12.1 Å². The summed E-state index contributed by atoms with van der Waals surface area (Å²) < 4.78 is 28.4. The lowest BCUT2D eigenvalue weighted by molar-refractivity contribution is 0.324. The minimum absolute atomic E-state index is 0.102. The van der Waals surface area contributed by atoms with E-state index in [0.717, 1.165) is 74.7 Å². The van der Waals surface area contributed by atoms with Crippen molar-refractivity contribution < 1.29 is 8.78 Å². The molecule has 176 valence electrons. The molecule has 34 heavy (non-hydrogen) atoms. The van der Waals surface area contributed by atoms with E-state index in [0.29, 0.717) is 5.56 Å². The molecule has 2 unspecified atom stereocenters. The Balaban J connectivity index is 1.28. The van der Waals surface area contributed by atoms with Crippen LogP contribution in [-0.4, -0.2) is 59.6 Å². The zero-order valence-electron chi connectivity index (χ0n) is 18.8. The van der Waals surface area contributed by atoms with Crippen LogP contribution in [0.15, 0.2) is 59.9 Å². The first-order valence-electron chi connectivity index (χ1n) is 11.8. The lowest BCUT2D eigenvalue weighted by Crippen LogP contribution is -2.44. The Hall–Kier alpha value is -3.46. The second-order valence-electron chi connectivity index (χ2n) is 8.94. The first-order chi connectivity index (χ1) is 16.7. The van der Waals surface area contributed by atoms with Gasteiger partial charge in [0.1, 0.15) is 35.2 Å². The van der Waals surface area contributed by atoms with Gasteiger partial charge in [-0.2, -0.15) is 5.10 Å². The van der Waals surface area contributed by atoms with Crippen LogP contribution in [0, 0.1) is 11.6 Å². The second-order valence-corrected chi connectivity index (χ2v) is 8.94. The molecule has 4 aliphatic heterocycles. The van der Waals surface area contributed by atoms with Crippen LogP contribution >= 0.6 is 0 Å². The van der Waals surface area contributed by atoms with E-state index in [2.05, 4.69) is 20.4 Å². The number of hydrazone groups is 1. The Morgan fingerprint density at radius 1 is 1.03 bits per heavy atom. The van der Waals surface area contributed by atoms with E-state index in [4.69, 9.17) is 10.1 Å². The van der Waals surface area contributed by atoms with Crippen LogP contribution in [0.2, 0.25) is 0 Å². The van der Waals surface area contributed by atoms with E-state index in [9.17, 15) is 8.78 Å². The van der Waals surface area contributed by atoms with Gasteiger partial charge in [0.25, 0.3) is 0 Å². The molecule has 0 saturated carbocycles. The van der Waals surface area contributed by atoms with Crippen molar-refractivity contribution in [2.75, 3.05) is 37.6 Å². The van der Waals surface area contributed by atoms with Crippen molar-refractivity contribution in [3.05, 3.63) is 77.6 Å². The standard InChI is InChI=1S/C25H27F2N7/c26-17-6-7-19(27)18(15-17)21-4-2-12-33(21)25-9-8-23-29-16-22(34(23)31-25)20-3-1-5-24(30-20)32-13-10-28-11-14-32/h1,3,5-9,15-16,21,23,28-29H,2,4,10-14H2. The van der Waals surface area contributed by atoms with Gasteiger partial charge in [-0.05, 0) is 55.3 Å². The Morgan fingerprint density at radius 2 is 1.91 bits per heavy atom. The van der Waals surface area contributed by atoms with Gasteiger partial charge in [-0.3, -0.25) is 0 Å². The number of likely N-dealkylation sites (tertiary alicyclic amines) is 1. The smallest absolute Gasteiger partial charge is 0.149 e. The zero-order chi connectivity index (χ0) is 23.1. The Morgan fingerprint density at radius 3 is 2.79 bits per heavy atom. The largest absolute Gasteiger partial charge is 0.365 e. The summed E-state index contributed by atoms with van der Waals surface area (Å²) in [5.41, 5.74) is 2.12. The molecular weight excluding hydrogens is 436 g/mol. The van der Waals surface area contributed by atoms with Crippen LogP contribution in [-0.2, 0) is 0 Å². The number of halogens is 2. The number of benzene rings is 1. The molecule has 4 aliphatic rings. The molecule has 2 aromatic rings. The molecule has 7 nitrogen and oxygen atoms in total. The highest BCUT2D eigenvalue weighted by Crippen LogP contribution is 2.36. The molecule has 2 atom stereocenters. The number of fused-ring (bicyclic) bond motifs is 1. The number of amidine groups is 1. The summed E-state index contributed by atoms with van der Waals surface area (Å²) in [5.74, 6) is 0.902. The monoisotopic (exact) mass is 463 g/mol. The van der Waals surface area contributed by atoms with Gasteiger partial charge in [-0.15, -0.1) is 0 Å². The Bertz CT molecular complexity index is 1170. The Labute approximate surface area is 197 Å². The fourth-order valence-corrected chi connectivity index (χ4v) is 5.14. The summed E-state index contributed by atoms with van der Waals surface area (Å²) >= 11 is 0. The average molecular weight is 464 g/mol. The summed E-state index contributed by atoms with van der Waals surface area (Å²) in [6, 6.07) is 9.50. The number of piperazine rings is 1. The molecular formula is C25H27F2N7. The number of aromatic nitrogens is 1. The van der Waals surface area contributed by atoms with Gasteiger partial charge in [0.2, 0.25) is 0 Å². The summed E-state index contributed by atoms with van der Waals surface area (Å²) in [6.45, 7) is 4.50. The fourth-order valence-electron chi connectivity index (χ4n) is 5.14. The van der Waals surface area contributed by atoms with Crippen molar-refractivity contribution in [3.63, 3.8) is 0 Å². The van der Waals surface area contributed by atoms with Crippen LogP contribution in [0.5, 0.6) is 0 Å². The van der Waals surface area contributed by atoms with Gasteiger partial charge in [-0.1, -0.05) is 6.07 Å². The molecule has 2 saturated heterocycles. The van der Waals surface area contributed by atoms with Crippen LogP contribution < -0.4 is 15.5 Å². The average Bonchev–Trinajstić information content (AvgIpc) is 3.53. The maximum atomic E-state index is 14.6. The van der Waals surface area contributed by atoms with Crippen LogP contribution in [0.25, 0.3) is 5.70 Å². The minimum Gasteiger partial charge on any atom is -0.365 e. The quantitative estimate of drug-likeness (QED) is 0.730. The number of nitrogens with zero attached hydrogens (tertiary/aromatic N) is 5. The van der Waals surface area contributed by atoms with E-state index < -0.39 is 5.82 Å². The van der Waals surface area contributed by atoms with E-state index in [-0.39, 0.29) is 18.0 Å². The molecule has 6 rings (SSSR count). The van der Waals surface area contributed by atoms with E-state index in [1.807, 2.05) is 41.6 Å². The predicted molar refractivity (Wildman–Crippen MR) is 128 cm³/mol. The Kier molecular flexibility index (Phi) is 5.41. The second kappa shape index (κ2) is 8.72. The van der Waals surface area contributed by atoms with Crippen LogP contribution in [0.3, 0.4) is 0 Å². The predicted octanol–water partition coefficient (Wildman–Crippen LogP) is 3.02. The normalized spacial score (nSPS) is 24.1. The molecule has 0 aliphatic carbocycles. The number of pyridine rings is 1. The zero-order valence-corrected chi connectivity index (χ0v) is 18.8. The van der Waals surface area contributed by atoms with Gasteiger partial charge in [0, 0.05) is 44.5 Å². The summed E-state index contributed by atoms with van der Waals surface area (Å²) in [5, 5.41) is 13.6. The third kappa shape index (κ3) is 3.79. The topological polar surface area (TPSA) is 59.0 Å². The SMILES string of the molecule is Fc1ccc(F)c(C2CCCN2C2=NN3C(c4cccc(N5CCNCC5)n4)=CNC3C=C2)c1. The third-order valence-corrected chi connectivity index (χ3v) is 6.84. The number of hydrogen-bond acceptors (Lipinski definition) is 7. The molecule has 0 amide bonds. The molecule has 1 aromatic carbocycles. The van der Waals surface area contributed by atoms with Crippen molar-refractivity contribution >= 4 is 17.4 Å². The summed E-state index contributed by atoms with van der Waals surface area (Å²) in [6.07, 6.45) is 7.50. The molecule has 2 N–H and O–H groups in total. The van der Waals surface area contributed by atoms with Crippen molar-refractivity contribution in [2.24, 2.45) is 5.10 Å². The molecule has 0 radical (unpaired) electrons. The van der Waals surface area contributed by atoms with Gasteiger partial charge < -0.3 is 20.4 Å². The molecule has 2 fully saturated rings. The maximum Gasteiger partial charge on any atom is 0.149 e. The fraction of sp³-hybridized carbons (Fsp3) is 0.360. The van der Waals surface area contributed by atoms with Crippen molar-refractivity contribution in [1.82, 2.24) is 25.5 Å². The van der Waals surface area contributed by atoms with Crippen molar-refractivity contribution in [2.45, 2.75) is 25.0 Å². The summed E-state index contributed by atoms with van der Waals surface area (Å²) in [4.78, 5) is 9.29. The lowest BCUT2D eigenvalue weighted by Gasteiger charge is -2.33. The maximum absolute atomic E-state index is 14.6. The van der Waals surface area contributed by atoms with E-state index in [1.54, 1.807) is 0 Å². The first-order valence-corrected chi connectivity index (χ1v) is 11.8. The van der Waals surface area contributed by atoms with Crippen molar-refractivity contribution in [3.8, 4) is 0 Å². The highest BCUT2D eigenvalue weighted by atomic mass is 19.1. The number of rotatable bonds is 3. The summed E-state index contributed by atoms with van der Waals surface area (Å²) in [7, 11) is 0. The van der Waals surface area contributed by atoms with Crippen LogP contribution in [0.1, 0.15) is 30.1 Å². The number of hydrogen-bond donors (Lipinski definition) is 2. The molecule has 1 aromatic heterocycles. The minimum atomic E-state index is -0.422. The van der Waals surface area contributed by atoms with Crippen molar-refractivity contribution in [1.29, 1.82) is 0 Å². The molecule has 0 bridgehead atoms. The molecule has 5 heterocycles. The highest BCUT2D eigenvalue weighted by Gasteiger charge is 2.34. The van der Waals surface area contributed by atoms with Crippen LogP contribution in [0.4, 0.5) is 14.6 Å². The van der Waals surface area contributed by atoms with Gasteiger partial charge in [0.15, 0.2) is 0 Å².